The Morgan fingerprint density at radius 2 is 1.81 bits per heavy atom. The van der Waals surface area contributed by atoms with Crippen LogP contribution in [0.2, 0.25) is 0 Å². The second-order valence-corrected chi connectivity index (χ2v) is 7.90. The molecule has 2 aromatic rings. The van der Waals surface area contributed by atoms with Crippen molar-refractivity contribution in [3.63, 3.8) is 0 Å². The number of nitrogens with one attached hydrogen (secondary N) is 2. The minimum atomic E-state index is 0. The molecule has 0 spiro atoms. The summed E-state index contributed by atoms with van der Waals surface area (Å²) in [5, 5.41) is 6.99. The summed E-state index contributed by atoms with van der Waals surface area (Å²) in [5.41, 5.74) is 3.74. The number of hydrogen-bond donors (Lipinski definition) is 2. The lowest BCUT2D eigenvalue weighted by atomic mass is 10.1. The first-order valence-corrected chi connectivity index (χ1v) is 10.7. The maximum absolute atomic E-state index is 5.33. The lowest BCUT2D eigenvalue weighted by Crippen LogP contribution is -2.42. The number of rotatable bonds is 8. The summed E-state index contributed by atoms with van der Waals surface area (Å²) in [6.45, 7) is 3.82. The van der Waals surface area contributed by atoms with Crippen LogP contribution in [-0.4, -0.2) is 58.7 Å². The average molecular weight is 537 g/mol. The zero-order valence-electron chi connectivity index (χ0n) is 19.1. The first-order chi connectivity index (χ1) is 14.6. The summed E-state index contributed by atoms with van der Waals surface area (Å²) < 4.78 is 5.33. The highest BCUT2D eigenvalue weighted by atomic mass is 127. The van der Waals surface area contributed by atoms with Crippen molar-refractivity contribution in [1.29, 1.82) is 0 Å². The molecule has 1 atom stereocenters. The molecule has 7 heteroatoms. The van der Waals surface area contributed by atoms with E-state index in [4.69, 9.17) is 4.74 Å². The van der Waals surface area contributed by atoms with Crippen molar-refractivity contribution in [1.82, 2.24) is 15.5 Å². The maximum Gasteiger partial charge on any atom is 0.191 e. The fourth-order valence-electron chi connectivity index (χ4n) is 3.88. The van der Waals surface area contributed by atoms with E-state index in [0.29, 0.717) is 6.04 Å². The van der Waals surface area contributed by atoms with E-state index in [1.807, 2.05) is 19.2 Å². The standard InChI is InChI=1S/C24H35N5O.HI/c1-25-24(26-17-19-8-7-9-21(16-19)28(2)3)27-18-23(29-14-5-6-15-29)20-10-12-22(30-4)13-11-20;/h7-13,16,23H,5-6,14-15,17-18H2,1-4H3,(H2,25,26,27);1H. The molecule has 31 heavy (non-hydrogen) atoms. The van der Waals surface area contributed by atoms with Gasteiger partial charge in [-0.05, 0) is 61.3 Å². The zero-order valence-corrected chi connectivity index (χ0v) is 21.4. The highest BCUT2D eigenvalue weighted by Gasteiger charge is 2.23. The topological polar surface area (TPSA) is 52.1 Å². The van der Waals surface area contributed by atoms with Crippen molar-refractivity contribution in [2.45, 2.75) is 25.4 Å². The Morgan fingerprint density at radius 3 is 2.42 bits per heavy atom. The molecule has 1 heterocycles. The van der Waals surface area contributed by atoms with Gasteiger partial charge in [0.1, 0.15) is 5.75 Å². The van der Waals surface area contributed by atoms with Crippen LogP contribution >= 0.6 is 24.0 Å². The molecular weight excluding hydrogens is 501 g/mol. The molecule has 2 aromatic carbocycles. The summed E-state index contributed by atoms with van der Waals surface area (Å²) in [6, 6.07) is 17.3. The summed E-state index contributed by atoms with van der Waals surface area (Å²) in [4.78, 5) is 9.10. The van der Waals surface area contributed by atoms with Gasteiger partial charge in [-0.15, -0.1) is 24.0 Å². The van der Waals surface area contributed by atoms with E-state index in [2.05, 4.69) is 75.9 Å². The van der Waals surface area contributed by atoms with Crippen molar-refractivity contribution in [2.24, 2.45) is 4.99 Å². The lowest BCUT2D eigenvalue weighted by molar-refractivity contribution is 0.245. The monoisotopic (exact) mass is 537 g/mol. The van der Waals surface area contributed by atoms with Crippen molar-refractivity contribution >= 4 is 35.6 Å². The first kappa shape index (κ1) is 25.3. The van der Waals surface area contributed by atoms with Crippen molar-refractivity contribution in [2.75, 3.05) is 52.8 Å². The lowest BCUT2D eigenvalue weighted by Gasteiger charge is -2.29. The molecule has 0 aliphatic carbocycles. The van der Waals surface area contributed by atoms with Crippen molar-refractivity contribution < 1.29 is 4.74 Å². The smallest absolute Gasteiger partial charge is 0.191 e. The molecular formula is C24H36IN5O. The maximum atomic E-state index is 5.33. The van der Waals surface area contributed by atoms with Gasteiger partial charge in [0, 0.05) is 39.9 Å². The number of aliphatic imine (C=N–C) groups is 1. The van der Waals surface area contributed by atoms with Gasteiger partial charge in [-0.2, -0.15) is 0 Å². The van der Waals surface area contributed by atoms with Gasteiger partial charge in [-0.3, -0.25) is 9.89 Å². The second kappa shape index (κ2) is 12.8. The van der Waals surface area contributed by atoms with Crippen LogP contribution in [0.3, 0.4) is 0 Å². The quantitative estimate of drug-likeness (QED) is 0.304. The predicted octanol–water partition coefficient (Wildman–Crippen LogP) is 3.88. The molecule has 3 rings (SSSR count). The molecule has 0 saturated carbocycles. The van der Waals surface area contributed by atoms with Gasteiger partial charge in [0.15, 0.2) is 5.96 Å². The van der Waals surface area contributed by atoms with Crippen LogP contribution in [-0.2, 0) is 6.54 Å². The van der Waals surface area contributed by atoms with Crippen LogP contribution in [0.15, 0.2) is 53.5 Å². The van der Waals surface area contributed by atoms with Crippen LogP contribution in [0.5, 0.6) is 5.75 Å². The number of hydrogen-bond acceptors (Lipinski definition) is 4. The Kier molecular flexibility index (Phi) is 10.4. The number of halogens is 1. The normalized spacial score (nSPS) is 15.2. The van der Waals surface area contributed by atoms with E-state index in [0.717, 1.165) is 37.9 Å². The molecule has 0 aromatic heterocycles. The zero-order chi connectivity index (χ0) is 21.3. The highest BCUT2D eigenvalue weighted by Crippen LogP contribution is 2.26. The fraction of sp³-hybridized carbons (Fsp3) is 0.458. The molecule has 2 N–H and O–H groups in total. The van der Waals surface area contributed by atoms with Gasteiger partial charge in [-0.25, -0.2) is 0 Å². The van der Waals surface area contributed by atoms with E-state index in [9.17, 15) is 0 Å². The van der Waals surface area contributed by atoms with Crippen molar-refractivity contribution in [3.8, 4) is 5.75 Å². The Bertz CT molecular complexity index is 819. The number of benzene rings is 2. The van der Waals surface area contributed by atoms with E-state index in [1.165, 1.54) is 29.7 Å². The largest absolute Gasteiger partial charge is 0.497 e. The van der Waals surface area contributed by atoms with E-state index in [1.54, 1.807) is 7.11 Å². The van der Waals surface area contributed by atoms with Crippen LogP contribution in [0.1, 0.15) is 30.0 Å². The van der Waals surface area contributed by atoms with Gasteiger partial charge in [-0.1, -0.05) is 24.3 Å². The third-order valence-electron chi connectivity index (χ3n) is 5.66. The Balaban J connectivity index is 0.00000341. The molecule has 0 amide bonds. The predicted molar refractivity (Wildman–Crippen MR) is 141 cm³/mol. The van der Waals surface area contributed by atoms with Crippen molar-refractivity contribution in [3.05, 3.63) is 59.7 Å². The van der Waals surface area contributed by atoms with Gasteiger partial charge in [0.05, 0.1) is 13.2 Å². The van der Waals surface area contributed by atoms with Crippen LogP contribution in [0.25, 0.3) is 0 Å². The number of nitrogens with zero attached hydrogens (tertiary/aromatic N) is 3. The number of likely N-dealkylation sites (tertiary alicyclic amines) is 1. The SMILES string of the molecule is CN=C(NCc1cccc(N(C)C)c1)NCC(c1ccc(OC)cc1)N1CCCC1.I. The minimum Gasteiger partial charge on any atom is -0.497 e. The number of ether oxygens (including phenoxy) is 1. The third kappa shape index (κ3) is 7.28. The first-order valence-electron chi connectivity index (χ1n) is 10.7. The minimum absolute atomic E-state index is 0. The second-order valence-electron chi connectivity index (χ2n) is 7.90. The van der Waals surface area contributed by atoms with E-state index < -0.39 is 0 Å². The van der Waals surface area contributed by atoms with Gasteiger partial charge in [0.2, 0.25) is 0 Å². The van der Waals surface area contributed by atoms with Gasteiger partial charge in [0.25, 0.3) is 0 Å². The van der Waals surface area contributed by atoms with Crippen LogP contribution < -0.4 is 20.3 Å². The van der Waals surface area contributed by atoms with Gasteiger partial charge < -0.3 is 20.3 Å². The van der Waals surface area contributed by atoms with Crippen LogP contribution in [0.4, 0.5) is 5.69 Å². The summed E-state index contributed by atoms with van der Waals surface area (Å²) in [7, 11) is 7.65. The third-order valence-corrected chi connectivity index (χ3v) is 5.66. The van der Waals surface area contributed by atoms with Gasteiger partial charge >= 0.3 is 0 Å². The Morgan fingerprint density at radius 1 is 1.10 bits per heavy atom. The number of anilines is 1. The molecule has 1 saturated heterocycles. The average Bonchev–Trinajstić information content (AvgIpc) is 3.31. The molecule has 1 fully saturated rings. The van der Waals surface area contributed by atoms with E-state index in [-0.39, 0.29) is 24.0 Å². The Labute approximate surface area is 204 Å². The molecule has 0 radical (unpaired) electrons. The highest BCUT2D eigenvalue weighted by molar-refractivity contribution is 14.0. The summed E-state index contributed by atoms with van der Waals surface area (Å²) in [6.07, 6.45) is 2.53. The number of guanidine groups is 1. The van der Waals surface area contributed by atoms with E-state index >= 15 is 0 Å². The number of methoxy groups -OCH3 is 1. The summed E-state index contributed by atoms with van der Waals surface area (Å²) >= 11 is 0. The molecule has 170 valence electrons. The summed E-state index contributed by atoms with van der Waals surface area (Å²) in [5.74, 6) is 1.72. The fourth-order valence-corrected chi connectivity index (χ4v) is 3.88. The molecule has 6 nitrogen and oxygen atoms in total. The van der Waals surface area contributed by atoms with Crippen LogP contribution in [0, 0.1) is 0 Å². The molecule has 1 unspecified atom stereocenters. The Hall–Kier alpha value is -2.00. The molecule has 1 aliphatic rings. The molecule has 0 bridgehead atoms. The molecule has 1 aliphatic heterocycles.